The van der Waals surface area contributed by atoms with Gasteiger partial charge in [-0.1, -0.05) is 12.1 Å². The zero-order valence-electron chi connectivity index (χ0n) is 7.90. The Morgan fingerprint density at radius 2 is 2.00 bits per heavy atom. The Balaban J connectivity index is 2.33. The maximum Gasteiger partial charge on any atom is 0.226 e. The van der Waals surface area contributed by atoms with E-state index in [4.69, 9.17) is 9.52 Å². The minimum Gasteiger partial charge on any atom is -0.444 e. The smallest absolute Gasteiger partial charge is 0.226 e. The Hall–Kier alpha value is -1.61. The SMILES string of the molecule is Cc1coc(-c2ccc(CO)cc2)n1. The van der Waals surface area contributed by atoms with E-state index in [1.54, 1.807) is 6.26 Å². The first-order valence-electron chi connectivity index (χ1n) is 4.42. The summed E-state index contributed by atoms with van der Waals surface area (Å²) in [5.41, 5.74) is 2.68. The van der Waals surface area contributed by atoms with Gasteiger partial charge in [-0.3, -0.25) is 0 Å². The van der Waals surface area contributed by atoms with Crippen LogP contribution in [0.2, 0.25) is 0 Å². The van der Waals surface area contributed by atoms with Gasteiger partial charge in [-0.25, -0.2) is 4.98 Å². The number of aryl methyl sites for hydroxylation is 1. The molecule has 0 aliphatic heterocycles. The highest BCUT2D eigenvalue weighted by Gasteiger charge is 2.03. The van der Waals surface area contributed by atoms with Gasteiger partial charge in [-0.15, -0.1) is 0 Å². The molecule has 0 atom stereocenters. The third-order valence-electron chi connectivity index (χ3n) is 2.00. The van der Waals surface area contributed by atoms with Gasteiger partial charge in [0.1, 0.15) is 6.26 Å². The van der Waals surface area contributed by atoms with E-state index in [9.17, 15) is 0 Å². The second kappa shape index (κ2) is 3.64. The lowest BCUT2D eigenvalue weighted by Crippen LogP contribution is -1.83. The standard InChI is InChI=1S/C11H11NO2/c1-8-7-14-11(12-8)10-4-2-9(6-13)3-5-10/h2-5,7,13H,6H2,1H3. The fourth-order valence-corrected chi connectivity index (χ4v) is 1.24. The molecule has 0 unspecified atom stereocenters. The number of aliphatic hydroxyl groups excluding tert-OH is 1. The minimum atomic E-state index is 0.0604. The quantitative estimate of drug-likeness (QED) is 0.787. The predicted octanol–water partition coefficient (Wildman–Crippen LogP) is 2.14. The molecule has 0 radical (unpaired) electrons. The number of oxazole rings is 1. The summed E-state index contributed by atoms with van der Waals surface area (Å²) in [4.78, 5) is 4.21. The van der Waals surface area contributed by atoms with Crippen molar-refractivity contribution >= 4 is 0 Å². The predicted molar refractivity (Wildman–Crippen MR) is 52.6 cm³/mol. The Morgan fingerprint density at radius 3 is 2.50 bits per heavy atom. The first-order chi connectivity index (χ1) is 6.79. The summed E-state index contributed by atoms with van der Waals surface area (Å²) >= 11 is 0. The zero-order chi connectivity index (χ0) is 9.97. The highest BCUT2D eigenvalue weighted by Crippen LogP contribution is 2.18. The van der Waals surface area contributed by atoms with Crippen molar-refractivity contribution in [3.05, 3.63) is 41.8 Å². The molecule has 0 amide bonds. The Bertz CT molecular complexity index is 417. The summed E-state index contributed by atoms with van der Waals surface area (Å²) in [6, 6.07) is 7.48. The van der Waals surface area contributed by atoms with Gasteiger partial charge in [0.25, 0.3) is 0 Å². The maximum absolute atomic E-state index is 8.86. The molecule has 0 spiro atoms. The van der Waals surface area contributed by atoms with Crippen LogP contribution in [0.3, 0.4) is 0 Å². The van der Waals surface area contributed by atoms with Crippen molar-refractivity contribution in [2.45, 2.75) is 13.5 Å². The van der Waals surface area contributed by atoms with Crippen LogP contribution in [0.5, 0.6) is 0 Å². The van der Waals surface area contributed by atoms with Gasteiger partial charge in [0, 0.05) is 5.56 Å². The van der Waals surface area contributed by atoms with Crippen LogP contribution in [0.25, 0.3) is 11.5 Å². The van der Waals surface area contributed by atoms with Gasteiger partial charge in [-0.05, 0) is 24.6 Å². The number of nitrogens with zero attached hydrogens (tertiary/aromatic N) is 1. The second-order valence-electron chi connectivity index (χ2n) is 3.15. The third-order valence-corrected chi connectivity index (χ3v) is 2.00. The van der Waals surface area contributed by atoms with Gasteiger partial charge < -0.3 is 9.52 Å². The van der Waals surface area contributed by atoms with Crippen molar-refractivity contribution in [2.24, 2.45) is 0 Å². The monoisotopic (exact) mass is 189 g/mol. The van der Waals surface area contributed by atoms with E-state index in [-0.39, 0.29) is 6.61 Å². The second-order valence-corrected chi connectivity index (χ2v) is 3.15. The summed E-state index contributed by atoms with van der Waals surface area (Å²) in [6.07, 6.45) is 1.62. The normalized spacial score (nSPS) is 10.4. The Morgan fingerprint density at radius 1 is 1.29 bits per heavy atom. The molecule has 0 aliphatic rings. The first-order valence-corrected chi connectivity index (χ1v) is 4.42. The van der Waals surface area contributed by atoms with Crippen LogP contribution >= 0.6 is 0 Å². The molecule has 2 aromatic rings. The molecule has 2 rings (SSSR count). The van der Waals surface area contributed by atoms with Crippen molar-refractivity contribution in [2.75, 3.05) is 0 Å². The van der Waals surface area contributed by atoms with Gasteiger partial charge in [0.05, 0.1) is 12.3 Å². The molecule has 1 N–H and O–H groups in total. The van der Waals surface area contributed by atoms with Crippen molar-refractivity contribution < 1.29 is 9.52 Å². The van der Waals surface area contributed by atoms with Crippen LogP contribution in [0.4, 0.5) is 0 Å². The van der Waals surface area contributed by atoms with Crippen LogP contribution in [0.1, 0.15) is 11.3 Å². The first kappa shape index (κ1) is 8.97. The lowest BCUT2D eigenvalue weighted by molar-refractivity contribution is 0.282. The molecule has 3 heteroatoms. The number of aromatic nitrogens is 1. The highest BCUT2D eigenvalue weighted by atomic mass is 16.3. The lowest BCUT2D eigenvalue weighted by atomic mass is 10.1. The maximum atomic E-state index is 8.86. The molecular weight excluding hydrogens is 178 g/mol. The molecular formula is C11H11NO2. The van der Waals surface area contributed by atoms with Crippen LogP contribution in [-0.4, -0.2) is 10.1 Å². The van der Waals surface area contributed by atoms with Crippen LogP contribution < -0.4 is 0 Å². The molecule has 0 bridgehead atoms. The third kappa shape index (κ3) is 1.67. The van der Waals surface area contributed by atoms with Gasteiger partial charge in [0.15, 0.2) is 0 Å². The largest absolute Gasteiger partial charge is 0.444 e. The van der Waals surface area contributed by atoms with Crippen molar-refractivity contribution in [3.8, 4) is 11.5 Å². The molecule has 0 aliphatic carbocycles. The lowest BCUT2D eigenvalue weighted by Gasteiger charge is -1.97. The van der Waals surface area contributed by atoms with Gasteiger partial charge >= 0.3 is 0 Å². The molecule has 3 nitrogen and oxygen atoms in total. The Labute approximate surface area is 82.0 Å². The fraction of sp³-hybridized carbons (Fsp3) is 0.182. The molecule has 1 aromatic heterocycles. The van der Waals surface area contributed by atoms with Crippen LogP contribution in [0.15, 0.2) is 34.9 Å². The summed E-state index contributed by atoms with van der Waals surface area (Å²) in [5.74, 6) is 0.618. The van der Waals surface area contributed by atoms with E-state index in [1.165, 1.54) is 0 Å². The summed E-state index contributed by atoms with van der Waals surface area (Å²) < 4.78 is 5.25. The highest BCUT2D eigenvalue weighted by molar-refractivity contribution is 5.53. The number of hydrogen-bond acceptors (Lipinski definition) is 3. The number of rotatable bonds is 2. The number of benzene rings is 1. The molecule has 0 fully saturated rings. The summed E-state index contributed by atoms with van der Waals surface area (Å²) in [7, 11) is 0. The average Bonchev–Trinajstić information content (AvgIpc) is 2.65. The van der Waals surface area contributed by atoms with Crippen molar-refractivity contribution in [1.29, 1.82) is 0 Å². The average molecular weight is 189 g/mol. The molecule has 14 heavy (non-hydrogen) atoms. The van der Waals surface area contributed by atoms with Crippen LogP contribution in [-0.2, 0) is 6.61 Å². The van der Waals surface area contributed by atoms with Gasteiger partial charge in [-0.2, -0.15) is 0 Å². The molecule has 72 valence electrons. The van der Waals surface area contributed by atoms with E-state index < -0.39 is 0 Å². The number of hydrogen-bond donors (Lipinski definition) is 1. The zero-order valence-corrected chi connectivity index (χ0v) is 7.90. The van der Waals surface area contributed by atoms with Crippen molar-refractivity contribution in [3.63, 3.8) is 0 Å². The van der Waals surface area contributed by atoms with Crippen molar-refractivity contribution in [1.82, 2.24) is 4.98 Å². The number of aliphatic hydroxyl groups is 1. The fourth-order valence-electron chi connectivity index (χ4n) is 1.24. The van der Waals surface area contributed by atoms with Crippen LogP contribution in [0, 0.1) is 6.92 Å². The van der Waals surface area contributed by atoms with E-state index >= 15 is 0 Å². The molecule has 0 saturated heterocycles. The molecule has 1 aromatic carbocycles. The summed E-state index contributed by atoms with van der Waals surface area (Å²) in [6.45, 7) is 1.94. The van der Waals surface area contributed by atoms with E-state index in [0.29, 0.717) is 5.89 Å². The molecule has 0 saturated carbocycles. The Kier molecular flexibility index (Phi) is 2.33. The summed E-state index contributed by atoms with van der Waals surface area (Å²) in [5, 5.41) is 8.86. The minimum absolute atomic E-state index is 0.0604. The molecule has 1 heterocycles. The van der Waals surface area contributed by atoms with Gasteiger partial charge in [0.2, 0.25) is 5.89 Å². The topological polar surface area (TPSA) is 46.3 Å². The van der Waals surface area contributed by atoms with E-state index in [1.807, 2.05) is 31.2 Å². The van der Waals surface area contributed by atoms with E-state index in [0.717, 1.165) is 16.8 Å². The van der Waals surface area contributed by atoms with E-state index in [2.05, 4.69) is 4.98 Å².